The number of aromatic nitrogens is 2. The molecule has 31 heavy (non-hydrogen) atoms. The summed E-state index contributed by atoms with van der Waals surface area (Å²) in [6.45, 7) is 4.08. The molecule has 0 aromatic carbocycles. The van der Waals surface area contributed by atoms with Crippen molar-refractivity contribution in [3.8, 4) is 0 Å². The Morgan fingerprint density at radius 3 is 2.90 bits per heavy atom. The molecule has 5 rings (SSSR count). The molecule has 164 valence electrons. The second kappa shape index (κ2) is 9.28. The van der Waals surface area contributed by atoms with Gasteiger partial charge in [-0.2, -0.15) is 0 Å². The van der Waals surface area contributed by atoms with Crippen LogP contribution in [0, 0.1) is 0 Å². The van der Waals surface area contributed by atoms with Gasteiger partial charge in [-0.05, 0) is 43.4 Å². The van der Waals surface area contributed by atoms with E-state index in [0.717, 1.165) is 67.1 Å². The predicted molar refractivity (Wildman–Crippen MR) is 120 cm³/mol. The molecule has 0 saturated carbocycles. The summed E-state index contributed by atoms with van der Waals surface area (Å²) >= 11 is 3.49. The molecule has 9 heteroatoms. The van der Waals surface area contributed by atoms with E-state index in [4.69, 9.17) is 23.9 Å². The first-order valence-electron chi connectivity index (χ1n) is 10.6. The van der Waals surface area contributed by atoms with Crippen LogP contribution in [0.1, 0.15) is 45.4 Å². The smallest absolute Gasteiger partial charge is 0.373 e. The van der Waals surface area contributed by atoms with Crippen molar-refractivity contribution in [2.24, 2.45) is 0 Å². The van der Waals surface area contributed by atoms with E-state index in [9.17, 15) is 4.79 Å². The molecule has 7 nitrogen and oxygen atoms in total. The fourth-order valence-corrected chi connectivity index (χ4v) is 6.42. The molecular weight excluding hydrogens is 434 g/mol. The van der Waals surface area contributed by atoms with Gasteiger partial charge in [0.1, 0.15) is 21.4 Å². The SMILES string of the molecule is COC(=O)c1ccc(CSc2nc(CN3CCOCC3)nc3sc4c(c23)CCCC4)o1. The van der Waals surface area contributed by atoms with E-state index in [2.05, 4.69) is 4.90 Å². The molecule has 1 aliphatic heterocycles. The predicted octanol–water partition coefficient (Wildman–Crippen LogP) is 4.07. The molecule has 0 radical (unpaired) electrons. The summed E-state index contributed by atoms with van der Waals surface area (Å²) in [6, 6.07) is 3.49. The van der Waals surface area contributed by atoms with Crippen LogP contribution in [-0.4, -0.2) is 54.3 Å². The summed E-state index contributed by atoms with van der Waals surface area (Å²) in [5.74, 6) is 1.97. The molecule has 4 heterocycles. The Balaban J connectivity index is 1.44. The highest BCUT2D eigenvalue weighted by molar-refractivity contribution is 7.98. The number of esters is 1. The lowest BCUT2D eigenvalue weighted by atomic mass is 9.97. The lowest BCUT2D eigenvalue weighted by Gasteiger charge is -2.25. The van der Waals surface area contributed by atoms with Gasteiger partial charge in [0.25, 0.3) is 0 Å². The zero-order valence-corrected chi connectivity index (χ0v) is 19.1. The summed E-state index contributed by atoms with van der Waals surface area (Å²) in [5, 5.41) is 2.24. The van der Waals surface area contributed by atoms with Crippen LogP contribution >= 0.6 is 23.1 Å². The minimum Gasteiger partial charge on any atom is -0.463 e. The lowest BCUT2D eigenvalue weighted by Crippen LogP contribution is -2.36. The molecular formula is C22H25N3O4S2. The van der Waals surface area contributed by atoms with Crippen LogP contribution in [-0.2, 0) is 34.6 Å². The number of rotatable bonds is 6. The van der Waals surface area contributed by atoms with Gasteiger partial charge in [-0.15, -0.1) is 11.3 Å². The summed E-state index contributed by atoms with van der Waals surface area (Å²) < 4.78 is 15.9. The van der Waals surface area contributed by atoms with Gasteiger partial charge in [-0.1, -0.05) is 11.8 Å². The Labute approximate surface area is 189 Å². The van der Waals surface area contributed by atoms with E-state index in [1.54, 1.807) is 17.8 Å². The molecule has 0 amide bonds. The number of thioether (sulfide) groups is 1. The van der Waals surface area contributed by atoms with Gasteiger partial charge in [-0.25, -0.2) is 14.8 Å². The summed E-state index contributed by atoms with van der Waals surface area (Å²) in [5.41, 5.74) is 1.43. The minimum absolute atomic E-state index is 0.229. The van der Waals surface area contributed by atoms with E-state index >= 15 is 0 Å². The number of carbonyl (C=O) groups is 1. The number of morpholine rings is 1. The molecule has 2 aliphatic rings. The summed E-state index contributed by atoms with van der Waals surface area (Å²) in [4.78, 5) is 26.5. The highest BCUT2D eigenvalue weighted by atomic mass is 32.2. The molecule has 0 spiro atoms. The van der Waals surface area contributed by atoms with Gasteiger partial charge in [0.2, 0.25) is 5.76 Å². The van der Waals surface area contributed by atoms with Gasteiger partial charge in [0.15, 0.2) is 0 Å². The number of carbonyl (C=O) groups excluding carboxylic acids is 1. The zero-order chi connectivity index (χ0) is 21.2. The number of thiophene rings is 1. The summed E-state index contributed by atoms with van der Waals surface area (Å²) in [7, 11) is 1.35. The second-order valence-electron chi connectivity index (χ2n) is 7.77. The largest absolute Gasteiger partial charge is 0.463 e. The van der Waals surface area contributed by atoms with E-state index in [-0.39, 0.29) is 5.76 Å². The first kappa shape index (κ1) is 20.9. The van der Waals surface area contributed by atoms with Crippen LogP contribution < -0.4 is 0 Å². The normalized spacial score (nSPS) is 17.1. The molecule has 0 unspecified atom stereocenters. The monoisotopic (exact) mass is 459 g/mol. The number of aryl methyl sites for hydroxylation is 2. The van der Waals surface area contributed by atoms with Crippen molar-refractivity contribution < 1.29 is 18.7 Å². The minimum atomic E-state index is -0.458. The number of furan rings is 1. The summed E-state index contributed by atoms with van der Waals surface area (Å²) in [6.07, 6.45) is 4.71. The van der Waals surface area contributed by atoms with Gasteiger partial charge < -0.3 is 13.9 Å². The third kappa shape index (κ3) is 4.50. The van der Waals surface area contributed by atoms with E-state index in [1.165, 1.54) is 35.8 Å². The van der Waals surface area contributed by atoms with Crippen LogP contribution in [0.15, 0.2) is 21.6 Å². The zero-order valence-electron chi connectivity index (χ0n) is 17.5. The molecule has 3 aromatic heterocycles. The van der Waals surface area contributed by atoms with Crippen molar-refractivity contribution in [2.75, 3.05) is 33.4 Å². The van der Waals surface area contributed by atoms with Crippen molar-refractivity contribution in [1.82, 2.24) is 14.9 Å². The molecule has 0 atom stereocenters. The van der Waals surface area contributed by atoms with Crippen LogP contribution in [0.3, 0.4) is 0 Å². The van der Waals surface area contributed by atoms with Gasteiger partial charge in [0, 0.05) is 23.4 Å². The maximum atomic E-state index is 11.7. The second-order valence-corrected chi connectivity index (χ2v) is 9.82. The van der Waals surface area contributed by atoms with Crippen molar-refractivity contribution >= 4 is 39.3 Å². The fraction of sp³-hybridized carbons (Fsp3) is 0.500. The number of ether oxygens (including phenoxy) is 2. The topological polar surface area (TPSA) is 77.7 Å². The van der Waals surface area contributed by atoms with Gasteiger partial charge >= 0.3 is 5.97 Å². The number of hydrogen-bond acceptors (Lipinski definition) is 9. The van der Waals surface area contributed by atoms with Crippen LogP contribution in [0.4, 0.5) is 0 Å². The molecule has 0 bridgehead atoms. The number of methoxy groups -OCH3 is 1. The molecule has 1 aliphatic carbocycles. The van der Waals surface area contributed by atoms with Crippen molar-refractivity contribution in [3.05, 3.63) is 39.9 Å². The van der Waals surface area contributed by atoms with Gasteiger partial charge in [-0.3, -0.25) is 4.90 Å². The number of nitrogens with zero attached hydrogens (tertiary/aromatic N) is 3. The Morgan fingerprint density at radius 2 is 2.06 bits per heavy atom. The van der Waals surface area contributed by atoms with Crippen LogP contribution in [0.5, 0.6) is 0 Å². The molecule has 1 fully saturated rings. The lowest BCUT2D eigenvalue weighted by molar-refractivity contribution is 0.0330. The van der Waals surface area contributed by atoms with E-state index in [1.807, 2.05) is 17.4 Å². The third-order valence-corrected chi connectivity index (χ3v) is 7.88. The fourth-order valence-electron chi connectivity index (χ4n) is 4.11. The molecule has 3 aromatic rings. The van der Waals surface area contributed by atoms with Gasteiger partial charge in [0.05, 0.1) is 32.6 Å². The first-order chi connectivity index (χ1) is 15.2. The number of hydrogen-bond donors (Lipinski definition) is 0. The Hall–Kier alpha value is -1.94. The van der Waals surface area contributed by atoms with E-state index in [0.29, 0.717) is 5.75 Å². The number of fused-ring (bicyclic) bond motifs is 3. The Bertz CT molecular complexity index is 1090. The molecule has 1 saturated heterocycles. The van der Waals surface area contributed by atoms with Crippen molar-refractivity contribution in [3.63, 3.8) is 0 Å². The standard InChI is InChI=1S/C22H25N3O4S2/c1-27-22(26)16-7-6-14(29-16)13-30-20-19-15-4-2-3-5-17(15)31-21(19)24-18(23-20)12-25-8-10-28-11-9-25/h6-7H,2-5,8-13H2,1H3. The maximum Gasteiger partial charge on any atom is 0.373 e. The van der Waals surface area contributed by atoms with Crippen LogP contribution in [0.25, 0.3) is 10.2 Å². The Kier molecular flexibility index (Phi) is 6.27. The highest BCUT2D eigenvalue weighted by Crippen LogP contribution is 2.40. The highest BCUT2D eigenvalue weighted by Gasteiger charge is 2.23. The average molecular weight is 460 g/mol. The third-order valence-electron chi connectivity index (χ3n) is 5.70. The van der Waals surface area contributed by atoms with Crippen molar-refractivity contribution in [1.29, 1.82) is 0 Å². The van der Waals surface area contributed by atoms with Crippen LogP contribution in [0.2, 0.25) is 0 Å². The maximum absolute atomic E-state index is 11.7. The molecule has 0 N–H and O–H groups in total. The van der Waals surface area contributed by atoms with Crippen molar-refractivity contribution in [2.45, 2.75) is 43.0 Å². The first-order valence-corrected chi connectivity index (χ1v) is 12.4. The quantitative estimate of drug-likeness (QED) is 0.310. The average Bonchev–Trinajstić information content (AvgIpc) is 3.42. The van der Waals surface area contributed by atoms with E-state index < -0.39 is 5.97 Å². The Morgan fingerprint density at radius 1 is 1.23 bits per heavy atom.